The molecule has 0 saturated heterocycles. The molecule has 3 rings (SSSR count). The third kappa shape index (κ3) is 3.94. The van der Waals surface area contributed by atoms with Crippen molar-refractivity contribution in [1.29, 1.82) is 0 Å². The second-order valence-electron chi connectivity index (χ2n) is 7.11. The number of fused-ring (bicyclic) bond motifs is 1. The monoisotopic (exact) mass is 372 g/mol. The third-order valence-electron chi connectivity index (χ3n) is 5.35. The zero-order valence-corrected chi connectivity index (χ0v) is 15.1. The van der Waals surface area contributed by atoms with E-state index in [9.17, 15) is 24.3 Å². The molecule has 1 heterocycles. The molecule has 1 aliphatic rings. The fourth-order valence-electron chi connectivity index (χ4n) is 3.64. The van der Waals surface area contributed by atoms with Crippen LogP contribution in [0.1, 0.15) is 38.6 Å². The van der Waals surface area contributed by atoms with Gasteiger partial charge in [0.15, 0.2) is 0 Å². The summed E-state index contributed by atoms with van der Waals surface area (Å²) >= 11 is 0. The van der Waals surface area contributed by atoms with E-state index >= 15 is 0 Å². The molecule has 0 aliphatic heterocycles. The molecule has 0 unspecified atom stereocenters. The van der Waals surface area contributed by atoms with Crippen LogP contribution in [0, 0.1) is 11.8 Å². The van der Waals surface area contributed by atoms with Crippen molar-refractivity contribution < 1.29 is 14.7 Å². The molecule has 8 heteroatoms. The fraction of sp³-hybridized carbons (Fsp3) is 0.474. The van der Waals surface area contributed by atoms with Gasteiger partial charge in [-0.05, 0) is 56.6 Å². The first-order chi connectivity index (χ1) is 12.9. The van der Waals surface area contributed by atoms with Crippen LogP contribution in [-0.4, -0.2) is 28.0 Å². The maximum atomic E-state index is 12.6. The predicted octanol–water partition coefficient (Wildman–Crippen LogP) is -0.0767. The SMILES string of the molecule is C[C@@H](C(=O)NCC1CCC(C(=O)[O-])CC1)n1c(=O)[nH]c2ccccc2c1=O. The molecular weight excluding hydrogens is 350 g/mol. The number of carboxylic acids is 1. The normalized spacial score (nSPS) is 20.9. The Morgan fingerprint density at radius 2 is 1.89 bits per heavy atom. The first-order valence-electron chi connectivity index (χ1n) is 9.10. The highest BCUT2D eigenvalue weighted by Crippen LogP contribution is 2.28. The molecule has 2 aromatic rings. The number of aliphatic carboxylic acids is 1. The molecule has 27 heavy (non-hydrogen) atoms. The summed E-state index contributed by atoms with van der Waals surface area (Å²) < 4.78 is 0.921. The van der Waals surface area contributed by atoms with E-state index in [4.69, 9.17) is 0 Å². The van der Waals surface area contributed by atoms with Gasteiger partial charge < -0.3 is 20.2 Å². The van der Waals surface area contributed by atoms with Crippen molar-refractivity contribution in [2.75, 3.05) is 6.54 Å². The van der Waals surface area contributed by atoms with E-state index in [2.05, 4.69) is 10.3 Å². The van der Waals surface area contributed by atoms with Crippen LogP contribution in [-0.2, 0) is 9.59 Å². The summed E-state index contributed by atoms with van der Waals surface area (Å²) in [4.78, 5) is 50.9. The minimum absolute atomic E-state index is 0.184. The smallest absolute Gasteiger partial charge is 0.329 e. The third-order valence-corrected chi connectivity index (χ3v) is 5.35. The number of amides is 1. The number of rotatable bonds is 5. The summed E-state index contributed by atoms with van der Waals surface area (Å²) in [6, 6.07) is 5.69. The number of hydrogen-bond acceptors (Lipinski definition) is 5. The quantitative estimate of drug-likeness (QED) is 0.760. The van der Waals surface area contributed by atoms with Gasteiger partial charge in [-0.3, -0.25) is 9.59 Å². The van der Waals surface area contributed by atoms with Crippen LogP contribution in [0.4, 0.5) is 0 Å². The standard InChI is InChI=1S/C19H23N3O5/c1-11(16(23)20-10-12-6-8-13(9-7-12)18(25)26)22-17(24)14-4-2-3-5-15(14)21-19(22)27/h2-5,11-13H,6-10H2,1H3,(H,20,23)(H,21,27)(H,25,26)/p-1/t11-,12?,13?/m0/s1. The van der Waals surface area contributed by atoms with Crippen molar-refractivity contribution in [1.82, 2.24) is 14.9 Å². The molecule has 0 spiro atoms. The Bertz CT molecular complexity index is 969. The van der Waals surface area contributed by atoms with E-state index in [-0.39, 0.29) is 5.92 Å². The molecule has 1 aromatic heterocycles. The molecular formula is C19H22N3O5-. The number of nitrogens with zero attached hydrogens (tertiary/aromatic N) is 1. The molecule has 1 aromatic carbocycles. The molecule has 0 radical (unpaired) electrons. The highest BCUT2D eigenvalue weighted by molar-refractivity contribution is 5.81. The van der Waals surface area contributed by atoms with Crippen LogP contribution in [0.2, 0.25) is 0 Å². The number of para-hydroxylation sites is 1. The lowest BCUT2D eigenvalue weighted by Crippen LogP contribution is -2.44. The van der Waals surface area contributed by atoms with E-state index in [0.29, 0.717) is 43.1 Å². The lowest BCUT2D eigenvalue weighted by molar-refractivity contribution is -0.312. The first kappa shape index (κ1) is 18.9. The Morgan fingerprint density at radius 3 is 2.56 bits per heavy atom. The topological polar surface area (TPSA) is 124 Å². The Hall–Kier alpha value is -2.90. The molecule has 0 bridgehead atoms. The molecule has 1 amide bonds. The predicted molar refractivity (Wildman–Crippen MR) is 97.0 cm³/mol. The summed E-state index contributed by atoms with van der Waals surface area (Å²) in [6.45, 7) is 1.90. The second-order valence-corrected chi connectivity index (χ2v) is 7.11. The van der Waals surface area contributed by atoms with Gasteiger partial charge in [-0.15, -0.1) is 0 Å². The van der Waals surface area contributed by atoms with Crippen LogP contribution in [0.15, 0.2) is 33.9 Å². The van der Waals surface area contributed by atoms with Crippen LogP contribution in [0.3, 0.4) is 0 Å². The number of H-pyrrole nitrogens is 1. The van der Waals surface area contributed by atoms with E-state index in [1.165, 1.54) is 6.92 Å². The van der Waals surface area contributed by atoms with Crippen molar-refractivity contribution in [3.63, 3.8) is 0 Å². The minimum Gasteiger partial charge on any atom is -0.550 e. The maximum absolute atomic E-state index is 12.6. The van der Waals surface area contributed by atoms with Gasteiger partial charge in [0, 0.05) is 12.5 Å². The minimum atomic E-state index is -1.01. The van der Waals surface area contributed by atoms with Gasteiger partial charge in [0.1, 0.15) is 6.04 Å². The number of carbonyl (C=O) groups excluding carboxylic acids is 2. The summed E-state index contributed by atoms with van der Waals surface area (Å²) in [6.07, 6.45) is 2.48. The first-order valence-corrected chi connectivity index (χ1v) is 9.10. The van der Waals surface area contributed by atoms with Gasteiger partial charge in [-0.1, -0.05) is 12.1 Å². The van der Waals surface area contributed by atoms with Crippen molar-refractivity contribution in [2.24, 2.45) is 11.8 Å². The van der Waals surface area contributed by atoms with Crippen LogP contribution >= 0.6 is 0 Å². The molecule has 1 aliphatic carbocycles. The fourth-order valence-corrected chi connectivity index (χ4v) is 3.64. The molecule has 1 atom stereocenters. The number of hydrogen-bond donors (Lipinski definition) is 2. The molecule has 2 N–H and O–H groups in total. The van der Waals surface area contributed by atoms with Crippen LogP contribution in [0.25, 0.3) is 10.9 Å². The van der Waals surface area contributed by atoms with E-state index < -0.39 is 35.1 Å². The Kier molecular flexibility index (Phi) is 5.43. The van der Waals surface area contributed by atoms with Crippen molar-refractivity contribution in [3.8, 4) is 0 Å². The number of aromatic amines is 1. The summed E-state index contributed by atoms with van der Waals surface area (Å²) in [5.74, 6) is -1.66. The molecule has 144 valence electrons. The molecule has 1 saturated carbocycles. The van der Waals surface area contributed by atoms with Crippen LogP contribution in [0.5, 0.6) is 0 Å². The van der Waals surface area contributed by atoms with E-state index in [1.807, 2.05) is 0 Å². The zero-order valence-electron chi connectivity index (χ0n) is 15.1. The van der Waals surface area contributed by atoms with E-state index in [1.54, 1.807) is 24.3 Å². The largest absolute Gasteiger partial charge is 0.550 e. The number of benzene rings is 1. The number of carbonyl (C=O) groups is 2. The summed E-state index contributed by atoms with van der Waals surface area (Å²) in [5, 5.41) is 14.0. The summed E-state index contributed by atoms with van der Waals surface area (Å²) in [7, 11) is 0. The Morgan fingerprint density at radius 1 is 1.22 bits per heavy atom. The average molecular weight is 372 g/mol. The Balaban J connectivity index is 1.68. The van der Waals surface area contributed by atoms with Gasteiger partial charge in [-0.2, -0.15) is 0 Å². The maximum Gasteiger partial charge on any atom is 0.329 e. The summed E-state index contributed by atoms with van der Waals surface area (Å²) in [5.41, 5.74) is -0.705. The van der Waals surface area contributed by atoms with Crippen molar-refractivity contribution >= 4 is 22.8 Å². The molecule has 1 fully saturated rings. The van der Waals surface area contributed by atoms with Crippen molar-refractivity contribution in [2.45, 2.75) is 38.6 Å². The van der Waals surface area contributed by atoms with Crippen molar-refractivity contribution in [3.05, 3.63) is 45.1 Å². The van der Waals surface area contributed by atoms with Gasteiger partial charge in [-0.25, -0.2) is 9.36 Å². The zero-order chi connectivity index (χ0) is 19.6. The Labute approximate surface area is 155 Å². The number of aromatic nitrogens is 2. The highest BCUT2D eigenvalue weighted by Gasteiger charge is 2.24. The average Bonchev–Trinajstić information content (AvgIpc) is 2.66. The lowest BCUT2D eigenvalue weighted by Gasteiger charge is -2.29. The lowest BCUT2D eigenvalue weighted by atomic mass is 9.82. The van der Waals surface area contributed by atoms with Gasteiger partial charge in [0.05, 0.1) is 10.9 Å². The molecule has 8 nitrogen and oxygen atoms in total. The van der Waals surface area contributed by atoms with E-state index in [0.717, 1.165) is 4.57 Å². The van der Waals surface area contributed by atoms with Gasteiger partial charge in [0.2, 0.25) is 5.91 Å². The highest BCUT2D eigenvalue weighted by atomic mass is 16.4. The van der Waals surface area contributed by atoms with Gasteiger partial charge in [0.25, 0.3) is 5.56 Å². The second kappa shape index (κ2) is 7.77. The number of nitrogens with one attached hydrogen (secondary N) is 2. The van der Waals surface area contributed by atoms with Gasteiger partial charge >= 0.3 is 5.69 Å². The number of carboxylic acid groups (broad SMARTS) is 1. The van der Waals surface area contributed by atoms with Crippen LogP contribution < -0.4 is 21.7 Å².